The van der Waals surface area contributed by atoms with Gasteiger partial charge in [-0.25, -0.2) is 8.42 Å². The van der Waals surface area contributed by atoms with E-state index < -0.39 is 10.0 Å². The fraction of sp³-hybridized carbons (Fsp3) is 0.458. The summed E-state index contributed by atoms with van der Waals surface area (Å²) in [5, 5.41) is 3.13. The molecule has 2 aromatic rings. The number of nitrogens with one attached hydrogen (secondary N) is 1. The van der Waals surface area contributed by atoms with Gasteiger partial charge in [0.1, 0.15) is 6.54 Å². The third kappa shape index (κ3) is 4.10. The Kier molecular flexibility index (Phi) is 5.62. The lowest BCUT2D eigenvalue weighted by molar-refractivity contribution is -0.120. The molecule has 2 aliphatic carbocycles. The van der Waals surface area contributed by atoms with Crippen molar-refractivity contribution >= 4 is 21.6 Å². The molecule has 0 unspecified atom stereocenters. The lowest BCUT2D eigenvalue weighted by atomic mass is 9.95. The van der Waals surface area contributed by atoms with Gasteiger partial charge in [-0.15, -0.1) is 0 Å². The molecular weight excluding hydrogens is 396 g/mol. The second-order valence-corrected chi connectivity index (χ2v) is 10.8. The fourth-order valence-electron chi connectivity index (χ4n) is 4.93. The van der Waals surface area contributed by atoms with Gasteiger partial charge in [-0.2, -0.15) is 0 Å². The van der Waals surface area contributed by atoms with E-state index in [-0.39, 0.29) is 23.4 Å². The van der Waals surface area contributed by atoms with Crippen molar-refractivity contribution in [3.63, 3.8) is 0 Å². The Labute approximate surface area is 179 Å². The molecule has 2 aromatic carbocycles. The molecule has 3 atom stereocenters. The summed E-state index contributed by atoms with van der Waals surface area (Å²) in [6.07, 6.45) is 4.63. The summed E-state index contributed by atoms with van der Waals surface area (Å²) in [6, 6.07) is 12.6. The molecule has 0 radical (unpaired) electrons. The summed E-state index contributed by atoms with van der Waals surface area (Å²) < 4.78 is 28.4. The van der Waals surface area contributed by atoms with E-state index in [0.29, 0.717) is 17.5 Å². The number of carbonyl (C=O) groups is 1. The van der Waals surface area contributed by atoms with Crippen molar-refractivity contribution in [2.45, 2.75) is 57.4 Å². The summed E-state index contributed by atoms with van der Waals surface area (Å²) >= 11 is 0. The van der Waals surface area contributed by atoms with Gasteiger partial charge in [0.15, 0.2) is 0 Å². The molecule has 1 amide bonds. The smallest absolute Gasteiger partial charge is 0.264 e. The molecule has 5 nitrogen and oxygen atoms in total. The van der Waals surface area contributed by atoms with Crippen LogP contribution in [0.4, 0.5) is 5.69 Å². The zero-order chi connectivity index (χ0) is 21.5. The maximum Gasteiger partial charge on any atom is 0.264 e. The number of aryl methyl sites for hydroxylation is 3. The standard InChI is InChI=1S/C24H30N2O3S/c1-16-5-10-21(11-6-16)30(28,29)26(23-12-17(2)4-7-18(23)3)15-24(27)25-22-14-19-8-9-20(22)13-19/h4-7,10-12,19-20,22H,8-9,13-15H2,1-3H3,(H,25,27)/t19-,20+,22+/m0/s1. The van der Waals surface area contributed by atoms with Gasteiger partial charge in [0.25, 0.3) is 10.0 Å². The van der Waals surface area contributed by atoms with Gasteiger partial charge in [0, 0.05) is 6.04 Å². The highest BCUT2D eigenvalue weighted by atomic mass is 32.2. The van der Waals surface area contributed by atoms with E-state index in [1.807, 2.05) is 39.0 Å². The normalized spacial score (nSPS) is 22.8. The van der Waals surface area contributed by atoms with Crippen molar-refractivity contribution in [1.29, 1.82) is 0 Å². The molecule has 1 N–H and O–H groups in total. The van der Waals surface area contributed by atoms with E-state index in [1.54, 1.807) is 24.3 Å². The number of fused-ring (bicyclic) bond motifs is 2. The molecule has 2 saturated carbocycles. The van der Waals surface area contributed by atoms with Crippen molar-refractivity contribution in [1.82, 2.24) is 5.32 Å². The Balaban J connectivity index is 1.64. The Bertz CT molecular complexity index is 1050. The van der Waals surface area contributed by atoms with E-state index in [9.17, 15) is 13.2 Å². The number of hydrogen-bond acceptors (Lipinski definition) is 3. The number of carbonyl (C=O) groups excluding carboxylic acids is 1. The number of anilines is 1. The predicted octanol–water partition coefficient (Wildman–Crippen LogP) is 4.11. The summed E-state index contributed by atoms with van der Waals surface area (Å²) in [5.41, 5.74) is 3.32. The van der Waals surface area contributed by atoms with Gasteiger partial charge in [-0.1, -0.05) is 36.2 Å². The molecular formula is C24H30N2O3S. The number of sulfonamides is 1. The van der Waals surface area contributed by atoms with Gasteiger partial charge in [-0.3, -0.25) is 9.10 Å². The van der Waals surface area contributed by atoms with Crippen LogP contribution in [0.15, 0.2) is 47.4 Å². The Morgan fingerprint density at radius 2 is 1.70 bits per heavy atom. The van der Waals surface area contributed by atoms with Crippen LogP contribution in [0.2, 0.25) is 0 Å². The molecule has 0 saturated heterocycles. The van der Waals surface area contributed by atoms with E-state index in [2.05, 4.69) is 5.32 Å². The molecule has 2 bridgehead atoms. The second-order valence-electron chi connectivity index (χ2n) is 8.96. The topological polar surface area (TPSA) is 66.5 Å². The molecule has 2 aliphatic rings. The van der Waals surface area contributed by atoms with E-state index >= 15 is 0 Å². The van der Waals surface area contributed by atoms with Gasteiger partial charge in [-0.05, 0) is 81.2 Å². The number of benzene rings is 2. The molecule has 160 valence electrons. The molecule has 6 heteroatoms. The highest BCUT2D eigenvalue weighted by molar-refractivity contribution is 7.92. The minimum Gasteiger partial charge on any atom is -0.352 e. The summed E-state index contributed by atoms with van der Waals surface area (Å²) in [4.78, 5) is 13.2. The first-order chi connectivity index (χ1) is 14.2. The zero-order valence-electron chi connectivity index (χ0n) is 17.9. The van der Waals surface area contributed by atoms with Crippen LogP contribution in [-0.4, -0.2) is 26.9 Å². The van der Waals surface area contributed by atoms with E-state index in [0.717, 1.165) is 29.5 Å². The molecule has 0 heterocycles. The second kappa shape index (κ2) is 8.06. The summed E-state index contributed by atoms with van der Waals surface area (Å²) in [7, 11) is -3.88. The monoisotopic (exact) mass is 426 g/mol. The third-order valence-corrected chi connectivity index (χ3v) is 8.39. The van der Waals surface area contributed by atoms with Crippen molar-refractivity contribution in [3.05, 3.63) is 59.2 Å². The van der Waals surface area contributed by atoms with Crippen LogP contribution >= 0.6 is 0 Å². The van der Waals surface area contributed by atoms with Crippen LogP contribution in [0, 0.1) is 32.6 Å². The van der Waals surface area contributed by atoms with Crippen LogP contribution in [0.3, 0.4) is 0 Å². The number of amides is 1. The largest absolute Gasteiger partial charge is 0.352 e. The van der Waals surface area contributed by atoms with Crippen LogP contribution in [0.5, 0.6) is 0 Å². The average Bonchev–Trinajstić information content (AvgIpc) is 3.31. The molecule has 0 aliphatic heterocycles. The predicted molar refractivity (Wildman–Crippen MR) is 119 cm³/mol. The number of rotatable bonds is 6. The van der Waals surface area contributed by atoms with Crippen LogP contribution < -0.4 is 9.62 Å². The number of nitrogens with zero attached hydrogens (tertiary/aromatic N) is 1. The molecule has 4 rings (SSSR count). The van der Waals surface area contributed by atoms with E-state index in [4.69, 9.17) is 0 Å². The Morgan fingerprint density at radius 1 is 1.00 bits per heavy atom. The first-order valence-electron chi connectivity index (χ1n) is 10.7. The minimum absolute atomic E-state index is 0.179. The fourth-order valence-corrected chi connectivity index (χ4v) is 6.41. The molecule has 0 aromatic heterocycles. The lowest BCUT2D eigenvalue weighted by Crippen LogP contribution is -2.46. The van der Waals surface area contributed by atoms with Crippen molar-refractivity contribution in [2.24, 2.45) is 11.8 Å². The Morgan fingerprint density at radius 3 is 2.33 bits per heavy atom. The maximum absolute atomic E-state index is 13.6. The van der Waals surface area contributed by atoms with Crippen molar-refractivity contribution < 1.29 is 13.2 Å². The highest BCUT2D eigenvalue weighted by Gasteiger charge is 2.40. The summed E-state index contributed by atoms with van der Waals surface area (Å²) in [5.74, 6) is 1.03. The average molecular weight is 427 g/mol. The van der Waals surface area contributed by atoms with Gasteiger partial charge >= 0.3 is 0 Å². The number of hydrogen-bond donors (Lipinski definition) is 1. The van der Waals surface area contributed by atoms with Gasteiger partial charge < -0.3 is 5.32 Å². The molecule has 0 spiro atoms. The first kappa shape index (κ1) is 20.9. The van der Waals surface area contributed by atoms with Gasteiger partial charge in [0.05, 0.1) is 10.6 Å². The first-order valence-corrected chi connectivity index (χ1v) is 12.1. The van der Waals surface area contributed by atoms with E-state index in [1.165, 1.54) is 17.1 Å². The quantitative estimate of drug-likeness (QED) is 0.756. The Hall–Kier alpha value is -2.34. The summed E-state index contributed by atoms with van der Waals surface area (Å²) in [6.45, 7) is 5.51. The van der Waals surface area contributed by atoms with Crippen molar-refractivity contribution in [3.8, 4) is 0 Å². The molecule has 30 heavy (non-hydrogen) atoms. The minimum atomic E-state index is -3.88. The molecule has 2 fully saturated rings. The lowest BCUT2D eigenvalue weighted by Gasteiger charge is -2.28. The van der Waals surface area contributed by atoms with Crippen LogP contribution in [-0.2, 0) is 14.8 Å². The van der Waals surface area contributed by atoms with Crippen molar-refractivity contribution in [2.75, 3.05) is 10.8 Å². The maximum atomic E-state index is 13.6. The zero-order valence-corrected chi connectivity index (χ0v) is 18.7. The van der Waals surface area contributed by atoms with Gasteiger partial charge in [0.2, 0.25) is 5.91 Å². The highest BCUT2D eigenvalue weighted by Crippen LogP contribution is 2.44. The third-order valence-electron chi connectivity index (χ3n) is 6.61. The van der Waals surface area contributed by atoms with Crippen LogP contribution in [0.1, 0.15) is 42.4 Å². The van der Waals surface area contributed by atoms with Crippen LogP contribution in [0.25, 0.3) is 0 Å². The SMILES string of the molecule is Cc1ccc(S(=O)(=O)N(CC(=O)N[C@@H]2C[C@H]3CC[C@@H]2C3)c2cc(C)ccc2C)cc1.